The summed E-state index contributed by atoms with van der Waals surface area (Å²) in [6, 6.07) is 2.47. The Balaban J connectivity index is 2.99. The quantitative estimate of drug-likeness (QED) is 0.794. The summed E-state index contributed by atoms with van der Waals surface area (Å²) < 4.78 is 37.1. The van der Waals surface area contributed by atoms with E-state index in [0.717, 1.165) is 12.1 Å². The monoisotopic (exact) mass is 284 g/mol. The molecular formula is C11H12ClF3O3. The van der Waals surface area contributed by atoms with E-state index in [9.17, 15) is 23.4 Å². The smallest absolute Gasteiger partial charge is 0.396 e. The van der Waals surface area contributed by atoms with E-state index in [1.807, 2.05) is 0 Å². The normalized spacial score (nSPS) is 15.5. The fourth-order valence-electron chi connectivity index (χ4n) is 1.44. The molecule has 0 aliphatic heterocycles. The van der Waals surface area contributed by atoms with Gasteiger partial charge in [-0.2, -0.15) is 13.2 Å². The Hall–Kier alpha value is -0.820. The zero-order chi connectivity index (χ0) is 13.9. The van der Waals surface area contributed by atoms with Gasteiger partial charge in [-0.05, 0) is 18.6 Å². The minimum atomic E-state index is -4.52. The molecule has 0 spiro atoms. The van der Waals surface area contributed by atoms with E-state index in [-0.39, 0.29) is 23.6 Å². The minimum Gasteiger partial charge on any atom is -0.396 e. The Morgan fingerprint density at radius 2 is 1.83 bits per heavy atom. The molecule has 0 aliphatic carbocycles. The van der Waals surface area contributed by atoms with Crippen LogP contribution in [-0.4, -0.2) is 28.0 Å². The van der Waals surface area contributed by atoms with E-state index in [1.165, 1.54) is 0 Å². The molecule has 0 bridgehead atoms. The molecule has 18 heavy (non-hydrogen) atoms. The second kappa shape index (κ2) is 5.88. The summed E-state index contributed by atoms with van der Waals surface area (Å²) in [5.74, 6) is 0. The van der Waals surface area contributed by atoms with Crippen LogP contribution in [0.25, 0.3) is 0 Å². The van der Waals surface area contributed by atoms with Crippen molar-refractivity contribution in [1.29, 1.82) is 0 Å². The van der Waals surface area contributed by atoms with Gasteiger partial charge in [0.15, 0.2) is 0 Å². The predicted molar refractivity (Wildman–Crippen MR) is 59.1 cm³/mol. The number of aliphatic hydroxyl groups is 3. The van der Waals surface area contributed by atoms with Gasteiger partial charge in [-0.15, -0.1) is 0 Å². The molecule has 0 saturated heterocycles. The van der Waals surface area contributed by atoms with Gasteiger partial charge in [-0.3, -0.25) is 0 Å². The Morgan fingerprint density at radius 3 is 2.28 bits per heavy atom. The van der Waals surface area contributed by atoms with Crippen molar-refractivity contribution >= 4 is 11.6 Å². The summed E-state index contributed by atoms with van der Waals surface area (Å²) >= 11 is 5.64. The molecular weight excluding hydrogens is 273 g/mol. The zero-order valence-electron chi connectivity index (χ0n) is 9.15. The lowest BCUT2D eigenvalue weighted by molar-refractivity contribution is -0.137. The van der Waals surface area contributed by atoms with Gasteiger partial charge in [0.1, 0.15) is 6.10 Å². The van der Waals surface area contributed by atoms with Crippen molar-refractivity contribution < 1.29 is 28.5 Å². The van der Waals surface area contributed by atoms with Crippen LogP contribution in [0.15, 0.2) is 18.2 Å². The second-order valence-electron chi connectivity index (χ2n) is 3.76. The summed E-state index contributed by atoms with van der Waals surface area (Å²) in [6.07, 6.45) is -7.34. The predicted octanol–water partition coefficient (Wildman–Crippen LogP) is 2.14. The molecule has 0 amide bonds. The number of hydrogen-bond acceptors (Lipinski definition) is 3. The summed E-state index contributed by atoms with van der Waals surface area (Å²) in [4.78, 5) is 0. The van der Waals surface area contributed by atoms with Crippen molar-refractivity contribution in [3.05, 3.63) is 34.3 Å². The Morgan fingerprint density at radius 1 is 1.22 bits per heavy atom. The van der Waals surface area contributed by atoms with Crippen LogP contribution in [0, 0.1) is 0 Å². The van der Waals surface area contributed by atoms with Gasteiger partial charge in [-0.25, -0.2) is 0 Å². The first-order valence-corrected chi connectivity index (χ1v) is 5.48. The molecule has 3 N–H and O–H groups in total. The van der Waals surface area contributed by atoms with E-state index in [0.29, 0.717) is 6.07 Å². The van der Waals surface area contributed by atoms with Gasteiger partial charge in [-0.1, -0.05) is 17.7 Å². The maximum Gasteiger partial charge on any atom is 0.416 e. The van der Waals surface area contributed by atoms with Crippen molar-refractivity contribution in [2.75, 3.05) is 6.61 Å². The van der Waals surface area contributed by atoms with Gasteiger partial charge >= 0.3 is 6.18 Å². The molecule has 0 radical (unpaired) electrons. The molecule has 0 saturated carbocycles. The molecule has 102 valence electrons. The van der Waals surface area contributed by atoms with E-state index >= 15 is 0 Å². The third kappa shape index (κ3) is 3.58. The fourth-order valence-corrected chi connectivity index (χ4v) is 1.73. The first kappa shape index (κ1) is 15.2. The molecule has 3 nitrogen and oxygen atoms in total. The first-order valence-electron chi connectivity index (χ1n) is 5.11. The van der Waals surface area contributed by atoms with Gasteiger partial charge in [0.05, 0.1) is 11.7 Å². The number of hydrogen-bond donors (Lipinski definition) is 3. The van der Waals surface area contributed by atoms with Crippen LogP contribution < -0.4 is 0 Å². The molecule has 0 aromatic heterocycles. The van der Waals surface area contributed by atoms with E-state index in [2.05, 4.69) is 0 Å². The maximum atomic E-state index is 12.4. The number of rotatable bonds is 4. The van der Waals surface area contributed by atoms with Gasteiger partial charge in [0.2, 0.25) is 0 Å². The van der Waals surface area contributed by atoms with Crippen molar-refractivity contribution in [1.82, 2.24) is 0 Å². The molecule has 1 aromatic rings. The van der Waals surface area contributed by atoms with Crippen LogP contribution in [0.1, 0.15) is 23.7 Å². The van der Waals surface area contributed by atoms with E-state index in [1.54, 1.807) is 0 Å². The highest BCUT2D eigenvalue weighted by atomic mass is 35.5. The standard InChI is InChI=1S/C11H12ClF3O3/c12-8-5-6(11(13,14)15)1-2-7(8)10(18)9(17)3-4-16/h1-2,5,9-10,16-18H,3-4H2. The fraction of sp³-hybridized carbons (Fsp3) is 0.455. The summed E-state index contributed by atoms with van der Waals surface area (Å²) in [5, 5.41) is 27.4. The SMILES string of the molecule is OCCC(O)C(O)c1ccc(C(F)(F)F)cc1Cl. The maximum absolute atomic E-state index is 12.4. The Kier molecular flexibility index (Phi) is 4.98. The van der Waals surface area contributed by atoms with Crippen LogP contribution in [0.3, 0.4) is 0 Å². The molecule has 7 heteroatoms. The van der Waals surface area contributed by atoms with E-state index in [4.69, 9.17) is 16.7 Å². The number of halogens is 4. The average molecular weight is 285 g/mol. The van der Waals surface area contributed by atoms with E-state index < -0.39 is 23.9 Å². The Bertz CT molecular complexity index is 409. The number of aliphatic hydroxyl groups excluding tert-OH is 3. The first-order chi connectivity index (χ1) is 8.27. The van der Waals surface area contributed by atoms with Crippen molar-refractivity contribution in [2.45, 2.75) is 24.8 Å². The van der Waals surface area contributed by atoms with Gasteiger partial charge < -0.3 is 15.3 Å². The highest BCUT2D eigenvalue weighted by Gasteiger charge is 2.31. The van der Waals surface area contributed by atoms with Crippen LogP contribution in [0.2, 0.25) is 5.02 Å². The molecule has 0 fully saturated rings. The summed E-state index contributed by atoms with van der Waals surface area (Å²) in [7, 11) is 0. The molecule has 0 heterocycles. The van der Waals surface area contributed by atoms with Crippen molar-refractivity contribution in [3.8, 4) is 0 Å². The minimum absolute atomic E-state index is 0.00869. The lowest BCUT2D eigenvalue weighted by atomic mass is 10.0. The van der Waals surface area contributed by atoms with Gasteiger partial charge in [0, 0.05) is 17.2 Å². The highest BCUT2D eigenvalue weighted by molar-refractivity contribution is 6.31. The van der Waals surface area contributed by atoms with Crippen molar-refractivity contribution in [2.24, 2.45) is 0 Å². The molecule has 1 aromatic carbocycles. The van der Waals surface area contributed by atoms with Crippen LogP contribution in [0.5, 0.6) is 0 Å². The number of alkyl halides is 3. The lowest BCUT2D eigenvalue weighted by Crippen LogP contribution is -2.20. The zero-order valence-corrected chi connectivity index (χ0v) is 9.91. The Labute approximate surface area is 106 Å². The third-order valence-electron chi connectivity index (χ3n) is 2.44. The summed E-state index contributed by atoms with van der Waals surface area (Å²) in [5.41, 5.74) is -0.939. The largest absolute Gasteiger partial charge is 0.416 e. The average Bonchev–Trinajstić information content (AvgIpc) is 2.27. The van der Waals surface area contributed by atoms with Gasteiger partial charge in [0.25, 0.3) is 0 Å². The lowest BCUT2D eigenvalue weighted by Gasteiger charge is -2.19. The highest BCUT2D eigenvalue weighted by Crippen LogP contribution is 2.34. The molecule has 2 atom stereocenters. The van der Waals surface area contributed by atoms with Crippen LogP contribution >= 0.6 is 11.6 Å². The topological polar surface area (TPSA) is 60.7 Å². The van der Waals surface area contributed by atoms with Crippen molar-refractivity contribution in [3.63, 3.8) is 0 Å². The summed E-state index contributed by atoms with van der Waals surface area (Å²) in [6.45, 7) is -0.351. The molecule has 0 aliphatic rings. The van der Waals surface area contributed by atoms with Crippen LogP contribution in [-0.2, 0) is 6.18 Å². The van der Waals surface area contributed by atoms with Crippen LogP contribution in [0.4, 0.5) is 13.2 Å². The molecule has 2 unspecified atom stereocenters. The molecule has 1 rings (SSSR count). The number of benzene rings is 1. The third-order valence-corrected chi connectivity index (χ3v) is 2.76. The second-order valence-corrected chi connectivity index (χ2v) is 4.17.